The molecule has 1 aliphatic heterocycles. The second-order valence-corrected chi connectivity index (χ2v) is 9.14. The van der Waals surface area contributed by atoms with Gasteiger partial charge in [-0.25, -0.2) is 9.59 Å². The standard InChI is InChI=1S/C23H31N3O5/c1-23(2,3)31-21(28)24-12-18-14-26(22(29)30-18)17-9-10-19-15(11-17)7-6-8-16(20(19)27)13-25(4)5/h9-11,13,18H,6-8,12,14H2,1-5H3,(H,24,28)/b16-13-. The van der Waals surface area contributed by atoms with E-state index in [0.717, 1.165) is 30.4 Å². The van der Waals surface area contributed by atoms with E-state index in [2.05, 4.69) is 5.32 Å². The smallest absolute Gasteiger partial charge is 0.414 e. The Hall–Kier alpha value is -3.03. The van der Waals surface area contributed by atoms with Crippen LogP contribution in [-0.4, -0.2) is 61.8 Å². The molecule has 0 saturated carbocycles. The molecule has 2 aliphatic rings. The van der Waals surface area contributed by atoms with Gasteiger partial charge in [0, 0.05) is 37.1 Å². The van der Waals surface area contributed by atoms with Crippen LogP contribution in [0.3, 0.4) is 0 Å². The molecule has 168 valence electrons. The van der Waals surface area contributed by atoms with E-state index < -0.39 is 23.9 Å². The zero-order valence-electron chi connectivity index (χ0n) is 18.9. The lowest BCUT2D eigenvalue weighted by molar-refractivity contribution is 0.0496. The van der Waals surface area contributed by atoms with Crippen molar-refractivity contribution in [2.45, 2.75) is 51.7 Å². The molecule has 1 N–H and O–H groups in total. The normalized spacial score (nSPS) is 20.2. The zero-order valence-corrected chi connectivity index (χ0v) is 18.9. The van der Waals surface area contributed by atoms with Crippen LogP contribution in [0.1, 0.15) is 49.5 Å². The Morgan fingerprint density at radius 1 is 1.29 bits per heavy atom. The first kappa shape index (κ1) is 22.7. The lowest BCUT2D eigenvalue weighted by Gasteiger charge is -2.20. The molecular weight excluding hydrogens is 398 g/mol. The summed E-state index contributed by atoms with van der Waals surface area (Å²) in [4.78, 5) is 40.6. The Labute approximate surface area is 183 Å². The molecule has 0 spiro atoms. The number of ether oxygens (including phenoxy) is 2. The van der Waals surface area contributed by atoms with Crippen LogP contribution in [0, 0.1) is 0 Å². The molecule has 8 nitrogen and oxygen atoms in total. The number of allylic oxidation sites excluding steroid dienone is 1. The minimum absolute atomic E-state index is 0.0381. The van der Waals surface area contributed by atoms with Crippen LogP contribution in [0.2, 0.25) is 0 Å². The van der Waals surface area contributed by atoms with Gasteiger partial charge < -0.3 is 19.7 Å². The van der Waals surface area contributed by atoms with Crippen LogP contribution < -0.4 is 10.2 Å². The lowest BCUT2D eigenvalue weighted by atomic mass is 9.99. The fourth-order valence-electron chi connectivity index (χ4n) is 3.72. The van der Waals surface area contributed by atoms with E-state index in [4.69, 9.17) is 9.47 Å². The van der Waals surface area contributed by atoms with Crippen molar-refractivity contribution >= 4 is 23.7 Å². The van der Waals surface area contributed by atoms with E-state index in [1.807, 2.05) is 31.3 Å². The number of hydrogen-bond acceptors (Lipinski definition) is 6. The number of rotatable bonds is 4. The fraction of sp³-hybridized carbons (Fsp3) is 0.522. The maximum Gasteiger partial charge on any atom is 0.414 e. The Balaban J connectivity index is 1.69. The maximum atomic E-state index is 12.9. The highest BCUT2D eigenvalue weighted by Gasteiger charge is 2.33. The first-order chi connectivity index (χ1) is 14.5. The van der Waals surface area contributed by atoms with Gasteiger partial charge in [-0.2, -0.15) is 0 Å². The second-order valence-electron chi connectivity index (χ2n) is 9.14. The molecule has 1 unspecified atom stereocenters. The summed E-state index contributed by atoms with van der Waals surface area (Å²) in [5.74, 6) is 0.0381. The summed E-state index contributed by atoms with van der Waals surface area (Å²) < 4.78 is 10.6. The van der Waals surface area contributed by atoms with E-state index >= 15 is 0 Å². The summed E-state index contributed by atoms with van der Waals surface area (Å²) in [6.07, 6.45) is 2.75. The number of cyclic esters (lactones) is 1. The average Bonchev–Trinajstić information content (AvgIpc) is 2.96. The molecule has 1 heterocycles. The van der Waals surface area contributed by atoms with Gasteiger partial charge in [-0.15, -0.1) is 0 Å². The number of fused-ring (bicyclic) bond motifs is 1. The molecule has 31 heavy (non-hydrogen) atoms. The summed E-state index contributed by atoms with van der Waals surface area (Å²) in [6.45, 7) is 5.83. The minimum atomic E-state index is -0.594. The highest BCUT2D eigenvalue weighted by molar-refractivity contribution is 6.10. The molecule has 1 atom stereocenters. The molecule has 0 radical (unpaired) electrons. The molecule has 1 aromatic rings. The van der Waals surface area contributed by atoms with Gasteiger partial charge in [-0.05, 0) is 63.8 Å². The SMILES string of the molecule is CN(C)/C=C1/CCCc2cc(N3CC(CNC(=O)OC(C)(C)C)OC3=O)ccc2C1=O. The van der Waals surface area contributed by atoms with Crippen LogP contribution in [0.4, 0.5) is 15.3 Å². The van der Waals surface area contributed by atoms with Gasteiger partial charge in [-0.3, -0.25) is 9.69 Å². The number of ketones is 1. The summed E-state index contributed by atoms with van der Waals surface area (Å²) in [6, 6.07) is 5.47. The van der Waals surface area contributed by atoms with E-state index in [1.54, 1.807) is 32.9 Å². The first-order valence-electron chi connectivity index (χ1n) is 10.5. The molecule has 2 amide bonds. The Morgan fingerprint density at radius 2 is 2.03 bits per heavy atom. The Kier molecular flexibility index (Phi) is 6.57. The quantitative estimate of drug-likeness (QED) is 0.582. The molecular formula is C23H31N3O5. The number of aryl methyl sites for hydroxylation is 1. The van der Waals surface area contributed by atoms with Crippen LogP contribution in [0.15, 0.2) is 30.0 Å². The number of amides is 2. The molecule has 0 bridgehead atoms. The third-order valence-electron chi connectivity index (χ3n) is 4.99. The van der Waals surface area contributed by atoms with Crippen molar-refractivity contribution in [3.05, 3.63) is 41.1 Å². The molecule has 1 saturated heterocycles. The van der Waals surface area contributed by atoms with Crippen LogP contribution in [0.25, 0.3) is 0 Å². The van der Waals surface area contributed by atoms with Crippen molar-refractivity contribution in [1.29, 1.82) is 0 Å². The fourth-order valence-corrected chi connectivity index (χ4v) is 3.72. The van der Waals surface area contributed by atoms with Gasteiger partial charge in [0.05, 0.1) is 13.1 Å². The van der Waals surface area contributed by atoms with Gasteiger partial charge >= 0.3 is 12.2 Å². The molecule has 0 aromatic heterocycles. The Morgan fingerprint density at radius 3 is 2.71 bits per heavy atom. The molecule has 1 fully saturated rings. The number of Topliss-reactive ketones (excluding diaryl/α,β-unsaturated/α-hetero) is 1. The summed E-state index contributed by atoms with van der Waals surface area (Å²) >= 11 is 0. The Bertz CT molecular complexity index is 901. The maximum absolute atomic E-state index is 12.9. The number of alkyl carbamates (subject to hydrolysis) is 1. The average molecular weight is 430 g/mol. The third kappa shape index (κ3) is 5.77. The topological polar surface area (TPSA) is 88.2 Å². The van der Waals surface area contributed by atoms with Gasteiger partial charge in [0.25, 0.3) is 0 Å². The minimum Gasteiger partial charge on any atom is -0.444 e. The zero-order chi connectivity index (χ0) is 22.8. The third-order valence-corrected chi connectivity index (χ3v) is 4.99. The van der Waals surface area contributed by atoms with E-state index in [1.165, 1.54) is 4.90 Å². The van der Waals surface area contributed by atoms with Gasteiger partial charge in [0.15, 0.2) is 5.78 Å². The number of benzene rings is 1. The first-order valence-corrected chi connectivity index (χ1v) is 10.5. The largest absolute Gasteiger partial charge is 0.444 e. The van der Waals surface area contributed by atoms with Crippen molar-refractivity contribution < 1.29 is 23.9 Å². The number of hydrogen-bond donors (Lipinski definition) is 1. The number of nitrogens with one attached hydrogen (secondary N) is 1. The molecule has 1 aromatic carbocycles. The van der Waals surface area contributed by atoms with Gasteiger partial charge in [-0.1, -0.05) is 0 Å². The van der Waals surface area contributed by atoms with Crippen LogP contribution in [-0.2, 0) is 15.9 Å². The van der Waals surface area contributed by atoms with E-state index in [9.17, 15) is 14.4 Å². The number of carbonyl (C=O) groups is 3. The predicted octanol–water partition coefficient (Wildman–Crippen LogP) is 3.50. The number of anilines is 1. The molecule has 3 rings (SSSR count). The summed E-state index contributed by atoms with van der Waals surface area (Å²) in [7, 11) is 3.81. The highest BCUT2D eigenvalue weighted by atomic mass is 16.6. The van der Waals surface area contributed by atoms with Crippen LogP contribution in [0.5, 0.6) is 0 Å². The second kappa shape index (κ2) is 8.99. The number of carbonyl (C=O) groups excluding carboxylic acids is 3. The van der Waals surface area contributed by atoms with E-state index in [0.29, 0.717) is 17.8 Å². The van der Waals surface area contributed by atoms with Crippen molar-refractivity contribution in [3.63, 3.8) is 0 Å². The van der Waals surface area contributed by atoms with Crippen LogP contribution >= 0.6 is 0 Å². The molecule has 8 heteroatoms. The van der Waals surface area contributed by atoms with Gasteiger partial charge in [0.2, 0.25) is 0 Å². The monoisotopic (exact) mass is 429 g/mol. The number of nitrogens with zero attached hydrogens (tertiary/aromatic N) is 2. The van der Waals surface area contributed by atoms with Crippen molar-refractivity contribution in [3.8, 4) is 0 Å². The summed E-state index contributed by atoms with van der Waals surface area (Å²) in [5.41, 5.74) is 2.52. The molecule has 1 aliphatic carbocycles. The summed E-state index contributed by atoms with van der Waals surface area (Å²) in [5, 5.41) is 2.64. The predicted molar refractivity (Wildman–Crippen MR) is 117 cm³/mol. The van der Waals surface area contributed by atoms with Crippen molar-refractivity contribution in [1.82, 2.24) is 10.2 Å². The van der Waals surface area contributed by atoms with Crippen molar-refractivity contribution in [2.24, 2.45) is 0 Å². The lowest BCUT2D eigenvalue weighted by Crippen LogP contribution is -2.38. The van der Waals surface area contributed by atoms with E-state index in [-0.39, 0.29) is 12.3 Å². The van der Waals surface area contributed by atoms with Gasteiger partial charge in [0.1, 0.15) is 11.7 Å². The van der Waals surface area contributed by atoms with Crippen molar-refractivity contribution in [2.75, 3.05) is 32.1 Å². The highest BCUT2D eigenvalue weighted by Crippen LogP contribution is 2.30.